The summed E-state index contributed by atoms with van der Waals surface area (Å²) < 4.78 is 9.40. The molecular weight excluding hydrogens is 195 g/mol. The summed E-state index contributed by atoms with van der Waals surface area (Å²) in [6.45, 7) is 0. The molecule has 1 radical (unpaired) electrons. The first-order valence-electron chi connectivity index (χ1n) is 5.34. The summed E-state index contributed by atoms with van der Waals surface area (Å²) in [6, 6.07) is 0. The lowest BCUT2D eigenvalue weighted by molar-refractivity contribution is 0.438. The van der Waals surface area contributed by atoms with E-state index >= 15 is 0 Å². The first-order chi connectivity index (χ1) is 7.00. The first-order valence-corrected chi connectivity index (χ1v) is 6.07. The van der Waals surface area contributed by atoms with E-state index in [0.717, 1.165) is 0 Å². The summed E-state index contributed by atoms with van der Waals surface area (Å²) in [5, 5.41) is 0. The third kappa shape index (κ3) is 6.97. The van der Waals surface area contributed by atoms with E-state index < -0.39 is 0 Å². The molecule has 0 aromatic rings. The molecule has 2 aliphatic rings. The van der Waals surface area contributed by atoms with Crippen LogP contribution >= 0.6 is 9.03 Å². The predicted octanol–water partition coefficient (Wildman–Crippen LogP) is 4.57. The second-order valence-corrected chi connectivity index (χ2v) is 3.99. The fourth-order valence-corrected chi connectivity index (χ4v) is 1.76. The van der Waals surface area contributed by atoms with Crippen molar-refractivity contribution in [1.29, 1.82) is 0 Å². The van der Waals surface area contributed by atoms with Crippen molar-refractivity contribution in [2.45, 2.75) is 44.9 Å². The molecule has 0 saturated heterocycles. The second kappa shape index (κ2) is 9.08. The van der Waals surface area contributed by atoms with Crippen molar-refractivity contribution in [2.75, 3.05) is 0 Å². The summed E-state index contributed by atoms with van der Waals surface area (Å²) >= 11 is 0. The summed E-state index contributed by atoms with van der Waals surface area (Å²) in [4.78, 5) is 0. The van der Waals surface area contributed by atoms with E-state index in [0.29, 0.717) is 9.03 Å². The van der Waals surface area contributed by atoms with Gasteiger partial charge in [-0.1, -0.05) is 44.9 Å². The zero-order valence-corrected chi connectivity index (χ0v) is 9.42. The topological polar surface area (TPSA) is 18.5 Å². The summed E-state index contributed by atoms with van der Waals surface area (Å²) in [5.41, 5.74) is 0. The van der Waals surface area contributed by atoms with Gasteiger partial charge < -0.3 is 9.05 Å². The lowest BCUT2D eigenvalue weighted by Crippen LogP contribution is -1.66. The molecule has 0 N–H and O–H groups in total. The van der Waals surface area contributed by atoms with E-state index in [2.05, 4.69) is 0 Å². The third-order valence-electron chi connectivity index (χ3n) is 2.23. The highest BCUT2D eigenvalue weighted by atomic mass is 31.1. The molecule has 1 saturated carbocycles. The van der Waals surface area contributed by atoms with Gasteiger partial charge >= 0.3 is 9.03 Å². The molecule has 0 unspecified atom stereocenters. The van der Waals surface area contributed by atoms with Crippen LogP contribution in [0.25, 0.3) is 0 Å². The van der Waals surface area contributed by atoms with Gasteiger partial charge in [-0.3, -0.25) is 0 Å². The highest BCUT2D eigenvalue weighted by molar-refractivity contribution is 7.26. The minimum Gasteiger partial charge on any atom is -0.439 e. The van der Waals surface area contributed by atoms with Gasteiger partial charge in [-0.25, -0.2) is 0 Å². The molecule has 1 aliphatic heterocycles. The van der Waals surface area contributed by atoms with Crippen LogP contribution in [0.1, 0.15) is 44.9 Å². The molecule has 0 aromatic carbocycles. The fourth-order valence-electron chi connectivity index (χ4n) is 1.47. The average Bonchev–Trinajstić information content (AvgIpc) is 2.68. The van der Waals surface area contributed by atoms with Crippen LogP contribution in [-0.4, -0.2) is 0 Å². The molecule has 14 heavy (non-hydrogen) atoms. The van der Waals surface area contributed by atoms with Crippen LogP contribution in [0, 0.1) is 0 Å². The molecule has 0 spiro atoms. The Kier molecular flexibility index (Phi) is 7.51. The van der Waals surface area contributed by atoms with Gasteiger partial charge in [0, 0.05) is 0 Å². The second-order valence-electron chi connectivity index (χ2n) is 3.42. The van der Waals surface area contributed by atoms with Crippen molar-refractivity contribution in [3.05, 3.63) is 24.7 Å². The van der Waals surface area contributed by atoms with Gasteiger partial charge in [0.2, 0.25) is 0 Å². The maximum absolute atomic E-state index is 4.70. The monoisotopic (exact) mass is 213 g/mol. The Bertz CT molecular complexity index is 146. The number of rotatable bonds is 0. The lowest BCUT2D eigenvalue weighted by Gasteiger charge is -1.87. The maximum Gasteiger partial charge on any atom is 0.403 e. The van der Waals surface area contributed by atoms with Gasteiger partial charge in [0.15, 0.2) is 0 Å². The minimum absolute atomic E-state index is 0.532. The Morgan fingerprint density at radius 1 is 0.643 bits per heavy atom. The molecule has 1 heterocycles. The van der Waals surface area contributed by atoms with Gasteiger partial charge in [0.1, 0.15) is 0 Å². The smallest absolute Gasteiger partial charge is 0.403 e. The highest BCUT2D eigenvalue weighted by Crippen LogP contribution is 2.16. The molecule has 0 bridgehead atoms. The van der Waals surface area contributed by atoms with Gasteiger partial charge in [0.25, 0.3) is 0 Å². The van der Waals surface area contributed by atoms with E-state index in [4.69, 9.17) is 9.05 Å². The fraction of sp³-hybridized carbons (Fsp3) is 0.636. The molecule has 0 atom stereocenters. The zero-order valence-electron chi connectivity index (χ0n) is 8.52. The van der Waals surface area contributed by atoms with Crippen molar-refractivity contribution < 1.29 is 9.05 Å². The van der Waals surface area contributed by atoms with Gasteiger partial charge in [0.05, 0.1) is 12.5 Å². The van der Waals surface area contributed by atoms with E-state index in [1.54, 1.807) is 24.7 Å². The summed E-state index contributed by atoms with van der Waals surface area (Å²) in [7, 11) is 0.532. The average molecular weight is 213 g/mol. The van der Waals surface area contributed by atoms with Crippen molar-refractivity contribution in [2.24, 2.45) is 0 Å². The lowest BCUT2D eigenvalue weighted by atomic mass is 10.2. The molecule has 3 heteroatoms. The Morgan fingerprint density at radius 3 is 1.36 bits per heavy atom. The van der Waals surface area contributed by atoms with Crippen LogP contribution in [0.4, 0.5) is 0 Å². The van der Waals surface area contributed by atoms with Crippen LogP contribution in [-0.2, 0) is 9.05 Å². The minimum atomic E-state index is 0.532. The molecule has 79 valence electrons. The number of allylic oxidation sites excluding steroid dienone is 2. The van der Waals surface area contributed by atoms with Crippen LogP contribution in [0.5, 0.6) is 0 Å². The largest absolute Gasteiger partial charge is 0.439 e. The number of hydrogen-bond acceptors (Lipinski definition) is 2. The van der Waals surface area contributed by atoms with Crippen molar-refractivity contribution in [1.82, 2.24) is 0 Å². The van der Waals surface area contributed by atoms with Crippen molar-refractivity contribution in [3.8, 4) is 0 Å². The van der Waals surface area contributed by atoms with Crippen LogP contribution in [0.3, 0.4) is 0 Å². The van der Waals surface area contributed by atoms with E-state index in [-0.39, 0.29) is 0 Å². The maximum atomic E-state index is 4.70. The molecule has 1 aliphatic carbocycles. The van der Waals surface area contributed by atoms with E-state index in [1.807, 2.05) is 0 Å². The Balaban J connectivity index is 0.000000140. The van der Waals surface area contributed by atoms with Gasteiger partial charge in [-0.2, -0.15) is 0 Å². The Hall–Kier alpha value is -0.490. The highest BCUT2D eigenvalue weighted by Gasteiger charge is 1.95. The van der Waals surface area contributed by atoms with Crippen LogP contribution in [0.15, 0.2) is 24.7 Å². The van der Waals surface area contributed by atoms with E-state index in [9.17, 15) is 0 Å². The number of hydrogen-bond donors (Lipinski definition) is 0. The molecule has 2 nitrogen and oxygen atoms in total. The Labute approximate surface area is 88.3 Å². The van der Waals surface area contributed by atoms with Crippen LogP contribution < -0.4 is 0 Å². The van der Waals surface area contributed by atoms with E-state index in [1.165, 1.54) is 44.9 Å². The standard InChI is InChI=1S/C7H14.C4H4O2P/c2*1-2-4-6-7-5-3-1/h1-7H2;1-4H. The SMILES string of the molecule is C1=CO[P]OC=C1.C1CCCCCC1. The third-order valence-corrected chi connectivity index (χ3v) is 2.64. The quantitative estimate of drug-likeness (QED) is 0.433. The van der Waals surface area contributed by atoms with Crippen molar-refractivity contribution >= 4 is 9.03 Å². The zero-order chi connectivity index (χ0) is 9.90. The summed E-state index contributed by atoms with van der Waals surface area (Å²) in [5.74, 6) is 0. The molecule has 1 fully saturated rings. The molecule has 2 rings (SSSR count). The Morgan fingerprint density at radius 2 is 1.00 bits per heavy atom. The van der Waals surface area contributed by atoms with Gasteiger partial charge in [-0.15, -0.1) is 0 Å². The van der Waals surface area contributed by atoms with Gasteiger partial charge in [-0.05, 0) is 12.2 Å². The first kappa shape index (κ1) is 11.6. The normalized spacial score (nSPS) is 20.6. The predicted molar refractivity (Wildman–Crippen MR) is 59.7 cm³/mol. The molecule has 0 aromatic heterocycles. The molecular formula is C11H18O2P. The van der Waals surface area contributed by atoms with Crippen LogP contribution in [0.2, 0.25) is 0 Å². The summed E-state index contributed by atoms with van der Waals surface area (Å²) in [6.07, 6.45) is 17.2. The van der Waals surface area contributed by atoms with Crippen molar-refractivity contribution in [3.63, 3.8) is 0 Å². The molecule has 0 amide bonds.